The number of nitrogens with one attached hydrogen (secondary N) is 2. The fourth-order valence-electron chi connectivity index (χ4n) is 3.26. The highest BCUT2D eigenvalue weighted by atomic mass is 16.3. The average Bonchev–Trinajstić information content (AvgIpc) is 2.60. The summed E-state index contributed by atoms with van der Waals surface area (Å²) in [6.45, 7) is 13.7. The lowest BCUT2D eigenvalue weighted by Gasteiger charge is -2.20. The summed E-state index contributed by atoms with van der Waals surface area (Å²) in [5, 5.41) is 16.9. The molecule has 0 saturated carbocycles. The Morgan fingerprint density at radius 3 is 1.76 bits per heavy atom. The Hall–Kier alpha value is -0.200. The second-order valence-electron chi connectivity index (χ2n) is 8.01. The average molecular weight is 359 g/mol. The Morgan fingerprint density at radius 2 is 1.28 bits per heavy atom. The minimum atomic E-state index is -0.330. The van der Waals surface area contributed by atoms with E-state index in [0.29, 0.717) is 36.8 Å². The number of rotatable bonds is 17. The van der Waals surface area contributed by atoms with Gasteiger partial charge in [-0.2, -0.15) is 0 Å². The summed E-state index contributed by atoms with van der Waals surface area (Å²) in [6, 6.07) is 0. The first-order valence-electron chi connectivity index (χ1n) is 10.5. The molecule has 152 valence electrons. The molecule has 0 radical (unpaired) electrons. The molecule has 25 heavy (non-hydrogen) atoms. The Labute approximate surface area is 156 Å². The predicted octanol–water partition coefficient (Wildman–Crippen LogP) is 1.94. The van der Waals surface area contributed by atoms with Crippen molar-refractivity contribution in [2.75, 3.05) is 39.3 Å². The monoisotopic (exact) mass is 358 g/mol. The normalized spacial score (nSPS) is 17.9. The summed E-state index contributed by atoms with van der Waals surface area (Å²) >= 11 is 0. The summed E-state index contributed by atoms with van der Waals surface area (Å²) in [4.78, 5) is 0. The quantitative estimate of drug-likeness (QED) is 0.274. The van der Waals surface area contributed by atoms with Crippen LogP contribution in [0.15, 0.2) is 0 Å². The summed E-state index contributed by atoms with van der Waals surface area (Å²) in [6.07, 6.45) is 5.56. The van der Waals surface area contributed by atoms with Gasteiger partial charge in [-0.05, 0) is 69.1 Å². The van der Waals surface area contributed by atoms with Crippen LogP contribution in [-0.2, 0) is 0 Å². The van der Waals surface area contributed by atoms with E-state index in [1.165, 1.54) is 19.3 Å². The molecule has 7 N–H and O–H groups in total. The van der Waals surface area contributed by atoms with E-state index in [1.807, 2.05) is 0 Å². The van der Waals surface area contributed by atoms with Crippen molar-refractivity contribution in [2.45, 2.75) is 65.9 Å². The van der Waals surface area contributed by atoms with Crippen LogP contribution in [0.4, 0.5) is 0 Å². The van der Waals surface area contributed by atoms with Gasteiger partial charge in [-0.1, -0.05) is 40.5 Å². The molecule has 0 heterocycles. The van der Waals surface area contributed by atoms with E-state index in [9.17, 15) is 5.11 Å². The maximum Gasteiger partial charge on any atom is 0.0788 e. The van der Waals surface area contributed by atoms with E-state index in [-0.39, 0.29) is 6.10 Å². The van der Waals surface area contributed by atoms with Crippen molar-refractivity contribution in [3.63, 3.8) is 0 Å². The zero-order valence-corrected chi connectivity index (χ0v) is 17.3. The van der Waals surface area contributed by atoms with Gasteiger partial charge in [0.1, 0.15) is 0 Å². The maximum atomic E-state index is 10.1. The second-order valence-corrected chi connectivity index (χ2v) is 8.01. The van der Waals surface area contributed by atoms with Gasteiger partial charge in [-0.3, -0.25) is 0 Å². The van der Waals surface area contributed by atoms with Crippen LogP contribution >= 0.6 is 0 Å². The van der Waals surface area contributed by atoms with Crippen LogP contribution in [0.2, 0.25) is 0 Å². The lowest BCUT2D eigenvalue weighted by atomic mass is 9.94. The van der Waals surface area contributed by atoms with E-state index >= 15 is 0 Å². The molecule has 0 aromatic rings. The first-order valence-corrected chi connectivity index (χ1v) is 10.5. The molecule has 0 aliphatic heterocycles. The van der Waals surface area contributed by atoms with Crippen molar-refractivity contribution in [3.05, 3.63) is 0 Å². The maximum absolute atomic E-state index is 10.1. The Bertz CT molecular complexity index is 283. The molecule has 0 aromatic heterocycles. The molecule has 5 unspecified atom stereocenters. The van der Waals surface area contributed by atoms with E-state index in [2.05, 4.69) is 38.3 Å². The lowest BCUT2D eigenvalue weighted by Crippen LogP contribution is -2.38. The van der Waals surface area contributed by atoms with E-state index in [0.717, 1.165) is 39.0 Å². The van der Waals surface area contributed by atoms with Gasteiger partial charge < -0.3 is 27.2 Å². The summed E-state index contributed by atoms with van der Waals surface area (Å²) < 4.78 is 0. The minimum Gasteiger partial charge on any atom is -0.390 e. The van der Waals surface area contributed by atoms with Crippen LogP contribution < -0.4 is 22.1 Å². The van der Waals surface area contributed by atoms with Crippen molar-refractivity contribution < 1.29 is 5.11 Å². The standard InChI is InChI=1S/C20H46N4O/c1-5-18(10-21)8-7-16(3)12-23-14-20(25)15-24-13-17(4)9-19(6-2)11-22/h16-20,23-25H,5-15,21-22H2,1-4H3. The van der Waals surface area contributed by atoms with Crippen LogP contribution in [0.1, 0.15) is 59.8 Å². The second kappa shape index (κ2) is 16.0. The molecule has 0 aliphatic carbocycles. The highest BCUT2D eigenvalue weighted by Gasteiger charge is 2.12. The molecule has 0 amide bonds. The Morgan fingerprint density at radius 1 is 0.760 bits per heavy atom. The molecule has 5 nitrogen and oxygen atoms in total. The fourth-order valence-corrected chi connectivity index (χ4v) is 3.26. The molecule has 0 fully saturated rings. The molecule has 5 heteroatoms. The first kappa shape index (κ1) is 24.8. The minimum absolute atomic E-state index is 0.330. The summed E-state index contributed by atoms with van der Waals surface area (Å²) in [5.74, 6) is 2.51. The van der Waals surface area contributed by atoms with Gasteiger partial charge in [-0.15, -0.1) is 0 Å². The Kier molecular flexibility index (Phi) is 15.9. The SMILES string of the molecule is CCC(CN)CCC(C)CNCC(O)CNCC(C)CC(CC)CN. The van der Waals surface area contributed by atoms with Crippen molar-refractivity contribution in [2.24, 2.45) is 35.1 Å². The zero-order chi connectivity index (χ0) is 19.1. The fraction of sp³-hybridized carbons (Fsp3) is 1.00. The lowest BCUT2D eigenvalue weighted by molar-refractivity contribution is 0.164. The summed E-state index contributed by atoms with van der Waals surface area (Å²) in [5.41, 5.74) is 11.5. The highest BCUT2D eigenvalue weighted by molar-refractivity contribution is 4.69. The van der Waals surface area contributed by atoms with Gasteiger partial charge in [0.2, 0.25) is 0 Å². The molecular weight excluding hydrogens is 312 g/mol. The third-order valence-electron chi connectivity index (χ3n) is 5.37. The number of aliphatic hydroxyl groups is 1. The van der Waals surface area contributed by atoms with E-state index in [1.54, 1.807) is 0 Å². The molecular formula is C20H46N4O. The molecule has 0 aromatic carbocycles. The number of hydrogen-bond acceptors (Lipinski definition) is 5. The Balaban J connectivity index is 3.68. The van der Waals surface area contributed by atoms with Crippen LogP contribution in [0.5, 0.6) is 0 Å². The molecule has 0 saturated heterocycles. The molecule has 5 atom stereocenters. The summed E-state index contributed by atoms with van der Waals surface area (Å²) in [7, 11) is 0. The van der Waals surface area contributed by atoms with Gasteiger partial charge in [0.05, 0.1) is 6.10 Å². The number of nitrogens with two attached hydrogens (primary N) is 2. The van der Waals surface area contributed by atoms with Gasteiger partial charge >= 0.3 is 0 Å². The third kappa shape index (κ3) is 13.6. The highest BCUT2D eigenvalue weighted by Crippen LogP contribution is 2.14. The van der Waals surface area contributed by atoms with Crippen molar-refractivity contribution in [1.29, 1.82) is 0 Å². The number of hydrogen-bond donors (Lipinski definition) is 5. The van der Waals surface area contributed by atoms with Gasteiger partial charge in [0.15, 0.2) is 0 Å². The molecule has 0 aliphatic rings. The third-order valence-corrected chi connectivity index (χ3v) is 5.37. The van der Waals surface area contributed by atoms with Crippen LogP contribution in [-0.4, -0.2) is 50.5 Å². The van der Waals surface area contributed by atoms with E-state index in [4.69, 9.17) is 11.5 Å². The van der Waals surface area contributed by atoms with E-state index < -0.39 is 0 Å². The van der Waals surface area contributed by atoms with Crippen LogP contribution in [0.25, 0.3) is 0 Å². The van der Waals surface area contributed by atoms with Gasteiger partial charge in [0, 0.05) is 13.1 Å². The smallest absolute Gasteiger partial charge is 0.0788 e. The van der Waals surface area contributed by atoms with Crippen molar-refractivity contribution in [3.8, 4) is 0 Å². The molecule has 0 rings (SSSR count). The molecule has 0 bridgehead atoms. The predicted molar refractivity (Wildman–Crippen MR) is 110 cm³/mol. The largest absolute Gasteiger partial charge is 0.390 e. The van der Waals surface area contributed by atoms with Gasteiger partial charge in [-0.25, -0.2) is 0 Å². The van der Waals surface area contributed by atoms with Gasteiger partial charge in [0.25, 0.3) is 0 Å². The molecule has 0 spiro atoms. The first-order chi connectivity index (χ1) is 12.0. The van der Waals surface area contributed by atoms with Crippen LogP contribution in [0, 0.1) is 23.7 Å². The number of aliphatic hydroxyl groups excluding tert-OH is 1. The zero-order valence-electron chi connectivity index (χ0n) is 17.3. The van der Waals surface area contributed by atoms with Crippen molar-refractivity contribution >= 4 is 0 Å². The topological polar surface area (TPSA) is 96.3 Å². The van der Waals surface area contributed by atoms with Crippen LogP contribution in [0.3, 0.4) is 0 Å². The van der Waals surface area contributed by atoms with Crippen molar-refractivity contribution in [1.82, 2.24) is 10.6 Å².